The van der Waals surface area contributed by atoms with Gasteiger partial charge >= 0.3 is 5.97 Å². The minimum atomic E-state index is -0.427. The maximum absolute atomic E-state index is 11.3. The van der Waals surface area contributed by atoms with Crippen LogP contribution in [0.4, 0.5) is 0 Å². The predicted octanol–water partition coefficient (Wildman–Crippen LogP) is 2.67. The molecule has 20 heavy (non-hydrogen) atoms. The molecule has 0 saturated carbocycles. The third-order valence-corrected chi connectivity index (χ3v) is 2.75. The summed E-state index contributed by atoms with van der Waals surface area (Å²) in [6.45, 7) is 1.73. The van der Waals surface area contributed by atoms with Crippen LogP contribution in [0.5, 0.6) is 5.75 Å². The summed E-state index contributed by atoms with van der Waals surface area (Å²) in [5.41, 5.74) is 1.13. The van der Waals surface area contributed by atoms with Crippen LogP contribution in [0.25, 0.3) is 0 Å². The van der Waals surface area contributed by atoms with Gasteiger partial charge in [-0.2, -0.15) is 5.26 Å². The van der Waals surface area contributed by atoms with E-state index in [9.17, 15) is 4.79 Å². The Kier molecular flexibility index (Phi) is 6.24. The van der Waals surface area contributed by atoms with E-state index in [0.717, 1.165) is 11.3 Å². The van der Waals surface area contributed by atoms with E-state index in [0.29, 0.717) is 6.42 Å². The number of methoxy groups -OCH3 is 1. The van der Waals surface area contributed by atoms with Crippen molar-refractivity contribution in [1.29, 1.82) is 10.7 Å². The quantitative estimate of drug-likeness (QED) is 0.612. The molecule has 0 aromatic heterocycles. The van der Waals surface area contributed by atoms with E-state index in [1.807, 2.05) is 12.1 Å². The van der Waals surface area contributed by atoms with E-state index in [1.54, 1.807) is 26.2 Å². The van der Waals surface area contributed by atoms with E-state index in [-0.39, 0.29) is 24.7 Å². The number of nitrogens with one attached hydrogen (secondary N) is 1. The van der Waals surface area contributed by atoms with Crippen LogP contribution in [0, 0.1) is 16.7 Å². The first-order valence-electron chi connectivity index (χ1n) is 6.30. The molecule has 0 saturated heterocycles. The summed E-state index contributed by atoms with van der Waals surface area (Å²) < 4.78 is 10.1. The molecule has 1 rings (SSSR count). The number of ether oxygens (including phenoxy) is 2. The molecular formula is C15H18N2O3. The molecule has 0 aliphatic rings. The summed E-state index contributed by atoms with van der Waals surface area (Å²) >= 11 is 0. The second kappa shape index (κ2) is 7.95. The molecule has 1 aromatic carbocycles. The van der Waals surface area contributed by atoms with Gasteiger partial charge < -0.3 is 14.9 Å². The van der Waals surface area contributed by atoms with Crippen LogP contribution in [0.15, 0.2) is 24.3 Å². The minimum absolute atomic E-state index is 0.000242. The Morgan fingerprint density at radius 3 is 2.55 bits per heavy atom. The Hall–Kier alpha value is -2.35. The smallest absolute Gasteiger partial charge is 0.311 e. The van der Waals surface area contributed by atoms with E-state index < -0.39 is 5.97 Å². The maximum Gasteiger partial charge on any atom is 0.311 e. The predicted molar refractivity (Wildman–Crippen MR) is 74.9 cm³/mol. The van der Waals surface area contributed by atoms with Crippen LogP contribution in [0.2, 0.25) is 0 Å². The fourth-order valence-corrected chi connectivity index (χ4v) is 1.70. The van der Waals surface area contributed by atoms with Gasteiger partial charge in [-0.1, -0.05) is 12.1 Å². The van der Waals surface area contributed by atoms with E-state index in [4.69, 9.17) is 20.1 Å². The number of rotatable bonds is 7. The molecule has 5 nitrogen and oxygen atoms in total. The zero-order valence-corrected chi connectivity index (χ0v) is 11.7. The lowest BCUT2D eigenvalue weighted by Crippen LogP contribution is -2.11. The number of hydrogen-bond acceptors (Lipinski definition) is 5. The lowest BCUT2D eigenvalue weighted by molar-refractivity contribution is -0.142. The highest BCUT2D eigenvalue weighted by atomic mass is 16.5. The van der Waals surface area contributed by atoms with Gasteiger partial charge in [0.05, 0.1) is 32.1 Å². The summed E-state index contributed by atoms with van der Waals surface area (Å²) in [7, 11) is 1.58. The van der Waals surface area contributed by atoms with E-state index >= 15 is 0 Å². The largest absolute Gasteiger partial charge is 0.497 e. The average molecular weight is 274 g/mol. The number of benzene rings is 1. The first kappa shape index (κ1) is 15.7. The standard InChI is InChI=1S/C15H18N2O3/c1-11(17)9-15(18)20-8-7-13(10-16)12-3-5-14(19-2)6-4-12/h3-6,13,17H,7-9H2,1-2H3. The van der Waals surface area contributed by atoms with Crippen molar-refractivity contribution in [2.45, 2.75) is 25.7 Å². The lowest BCUT2D eigenvalue weighted by Gasteiger charge is -2.10. The van der Waals surface area contributed by atoms with Crippen molar-refractivity contribution >= 4 is 11.7 Å². The fourth-order valence-electron chi connectivity index (χ4n) is 1.70. The Bertz CT molecular complexity index is 503. The van der Waals surface area contributed by atoms with Crippen molar-refractivity contribution in [2.24, 2.45) is 0 Å². The van der Waals surface area contributed by atoms with Crippen molar-refractivity contribution in [3.8, 4) is 11.8 Å². The summed E-state index contributed by atoms with van der Waals surface area (Å²) in [5.74, 6) is -0.0166. The van der Waals surface area contributed by atoms with Crippen LogP contribution < -0.4 is 4.74 Å². The van der Waals surface area contributed by atoms with Crippen molar-refractivity contribution in [2.75, 3.05) is 13.7 Å². The van der Waals surface area contributed by atoms with Gasteiger partial charge in [-0.15, -0.1) is 0 Å². The van der Waals surface area contributed by atoms with E-state index in [1.165, 1.54) is 0 Å². The van der Waals surface area contributed by atoms with Crippen molar-refractivity contribution < 1.29 is 14.3 Å². The van der Waals surface area contributed by atoms with Gasteiger partial charge in [0, 0.05) is 12.1 Å². The van der Waals surface area contributed by atoms with Crippen molar-refractivity contribution in [3.05, 3.63) is 29.8 Å². The first-order chi connectivity index (χ1) is 9.56. The highest BCUT2D eigenvalue weighted by Gasteiger charge is 2.12. The number of nitriles is 1. The molecule has 5 heteroatoms. The van der Waals surface area contributed by atoms with Gasteiger partial charge in [0.15, 0.2) is 0 Å². The Labute approximate surface area is 118 Å². The molecule has 1 atom stereocenters. The number of carbonyl (C=O) groups excluding carboxylic acids is 1. The normalized spacial score (nSPS) is 11.2. The highest BCUT2D eigenvalue weighted by molar-refractivity contribution is 5.95. The van der Waals surface area contributed by atoms with Gasteiger partial charge in [0.1, 0.15) is 5.75 Å². The summed E-state index contributed by atoms with van der Waals surface area (Å²) in [6, 6.07) is 9.45. The molecule has 0 radical (unpaired) electrons. The van der Waals surface area contributed by atoms with Gasteiger partial charge in [-0.3, -0.25) is 4.79 Å². The molecule has 0 fully saturated rings. The zero-order chi connectivity index (χ0) is 15.0. The summed E-state index contributed by atoms with van der Waals surface area (Å²) in [6.07, 6.45) is 0.436. The second-order valence-electron chi connectivity index (χ2n) is 4.42. The molecule has 0 aliphatic carbocycles. The molecule has 1 N–H and O–H groups in total. The number of esters is 1. The second-order valence-corrected chi connectivity index (χ2v) is 4.42. The van der Waals surface area contributed by atoms with Crippen LogP contribution in [0.3, 0.4) is 0 Å². The van der Waals surface area contributed by atoms with Crippen molar-refractivity contribution in [1.82, 2.24) is 0 Å². The number of hydrogen-bond donors (Lipinski definition) is 1. The molecule has 0 amide bonds. The Morgan fingerprint density at radius 1 is 1.40 bits per heavy atom. The van der Waals surface area contributed by atoms with E-state index in [2.05, 4.69) is 6.07 Å². The van der Waals surface area contributed by atoms with Crippen LogP contribution >= 0.6 is 0 Å². The topological polar surface area (TPSA) is 83.2 Å². The van der Waals surface area contributed by atoms with Crippen LogP contribution in [-0.4, -0.2) is 25.4 Å². The first-order valence-corrected chi connectivity index (χ1v) is 6.30. The van der Waals surface area contributed by atoms with Crippen LogP contribution in [0.1, 0.15) is 31.2 Å². The third-order valence-electron chi connectivity index (χ3n) is 2.75. The monoisotopic (exact) mass is 274 g/mol. The molecule has 0 spiro atoms. The highest BCUT2D eigenvalue weighted by Crippen LogP contribution is 2.21. The summed E-state index contributed by atoms with van der Waals surface area (Å²) in [5, 5.41) is 16.3. The zero-order valence-electron chi connectivity index (χ0n) is 11.7. The SMILES string of the molecule is COc1ccc(C(C#N)CCOC(=O)CC(C)=N)cc1. The fraction of sp³-hybridized carbons (Fsp3) is 0.400. The molecule has 1 aromatic rings. The van der Waals surface area contributed by atoms with Crippen molar-refractivity contribution in [3.63, 3.8) is 0 Å². The third kappa shape index (κ3) is 5.11. The maximum atomic E-state index is 11.3. The Morgan fingerprint density at radius 2 is 2.05 bits per heavy atom. The minimum Gasteiger partial charge on any atom is -0.497 e. The van der Waals surface area contributed by atoms with Gasteiger partial charge in [-0.25, -0.2) is 0 Å². The van der Waals surface area contributed by atoms with Gasteiger partial charge in [0.2, 0.25) is 0 Å². The molecule has 0 bridgehead atoms. The average Bonchev–Trinajstić information content (AvgIpc) is 2.43. The van der Waals surface area contributed by atoms with Gasteiger partial charge in [0.25, 0.3) is 0 Å². The molecular weight excluding hydrogens is 256 g/mol. The molecule has 1 unspecified atom stereocenters. The molecule has 0 aliphatic heterocycles. The molecule has 0 heterocycles. The lowest BCUT2D eigenvalue weighted by atomic mass is 9.97. The van der Waals surface area contributed by atoms with Gasteiger partial charge in [-0.05, 0) is 24.6 Å². The number of nitrogens with zero attached hydrogens (tertiary/aromatic N) is 1. The van der Waals surface area contributed by atoms with Crippen LogP contribution in [-0.2, 0) is 9.53 Å². The Balaban J connectivity index is 2.49. The number of carbonyl (C=O) groups is 1. The molecule has 106 valence electrons. The summed E-state index contributed by atoms with van der Waals surface area (Å²) in [4.78, 5) is 11.3.